The normalized spacial score (nSPS) is 24.1. The Kier molecular flexibility index (Phi) is 4.81. The number of benzene rings is 1. The van der Waals surface area contributed by atoms with Crippen molar-refractivity contribution in [1.29, 1.82) is 0 Å². The molecule has 1 saturated carbocycles. The number of nitrogens with one attached hydrogen (secondary N) is 2. The van der Waals surface area contributed by atoms with Crippen LogP contribution in [0.5, 0.6) is 0 Å². The van der Waals surface area contributed by atoms with E-state index in [1.54, 1.807) is 13.0 Å². The molecule has 0 saturated heterocycles. The van der Waals surface area contributed by atoms with Crippen molar-refractivity contribution >= 4 is 17.5 Å². The summed E-state index contributed by atoms with van der Waals surface area (Å²) in [6.07, 6.45) is 2.40. The molecule has 1 fully saturated rings. The van der Waals surface area contributed by atoms with Crippen molar-refractivity contribution in [2.75, 3.05) is 11.9 Å². The molecular formula is C16H21FN2O3. The third kappa shape index (κ3) is 3.44. The first-order chi connectivity index (χ1) is 10.4. The quantitative estimate of drug-likeness (QED) is 0.744. The molecule has 2 rings (SSSR count). The van der Waals surface area contributed by atoms with Gasteiger partial charge in [0.2, 0.25) is 0 Å². The number of aliphatic hydroxyl groups excluding tert-OH is 1. The number of anilines is 1. The average molecular weight is 308 g/mol. The smallest absolute Gasteiger partial charge is 0.313 e. The Hall–Kier alpha value is -1.95. The van der Waals surface area contributed by atoms with Crippen LogP contribution in [0.25, 0.3) is 0 Å². The minimum absolute atomic E-state index is 0.0171. The van der Waals surface area contributed by atoms with Crippen LogP contribution < -0.4 is 10.6 Å². The number of hydrogen-bond donors (Lipinski definition) is 3. The molecule has 0 aromatic heterocycles. The number of aryl methyl sites for hydroxylation is 1. The number of carbonyl (C=O) groups excluding carboxylic acids is 2. The molecule has 1 aromatic rings. The zero-order valence-corrected chi connectivity index (χ0v) is 12.8. The third-order valence-corrected chi connectivity index (χ3v) is 4.32. The number of aliphatic hydroxyl groups is 1. The Bertz CT molecular complexity index is 591. The van der Waals surface area contributed by atoms with Crippen molar-refractivity contribution < 1.29 is 19.1 Å². The fraction of sp³-hybridized carbons (Fsp3) is 0.500. The van der Waals surface area contributed by atoms with Gasteiger partial charge in [-0.15, -0.1) is 0 Å². The summed E-state index contributed by atoms with van der Waals surface area (Å²) in [6, 6.07) is 4.03. The van der Waals surface area contributed by atoms with Crippen LogP contribution in [0.15, 0.2) is 18.2 Å². The predicted molar refractivity (Wildman–Crippen MR) is 80.7 cm³/mol. The van der Waals surface area contributed by atoms with Gasteiger partial charge in [0.25, 0.3) is 0 Å². The molecular weight excluding hydrogens is 287 g/mol. The maximum absolute atomic E-state index is 13.6. The molecule has 120 valence electrons. The SMILES string of the molecule is Cc1ccc(F)c(NC(=O)C(=O)NC2CCCC2(C)CO)c1. The van der Waals surface area contributed by atoms with E-state index in [9.17, 15) is 19.1 Å². The van der Waals surface area contributed by atoms with Gasteiger partial charge in [-0.2, -0.15) is 0 Å². The van der Waals surface area contributed by atoms with E-state index in [0.717, 1.165) is 24.8 Å². The van der Waals surface area contributed by atoms with Crippen LogP contribution in [-0.4, -0.2) is 29.6 Å². The van der Waals surface area contributed by atoms with Crippen molar-refractivity contribution in [3.8, 4) is 0 Å². The lowest BCUT2D eigenvalue weighted by Gasteiger charge is -2.29. The molecule has 0 radical (unpaired) electrons. The van der Waals surface area contributed by atoms with E-state index in [1.165, 1.54) is 12.1 Å². The minimum Gasteiger partial charge on any atom is -0.396 e. The molecule has 1 aliphatic carbocycles. The first kappa shape index (κ1) is 16.4. The number of amides is 2. The molecule has 0 heterocycles. The van der Waals surface area contributed by atoms with Crippen molar-refractivity contribution in [2.45, 2.75) is 39.2 Å². The summed E-state index contributed by atoms with van der Waals surface area (Å²) in [7, 11) is 0. The Labute approximate surface area is 128 Å². The van der Waals surface area contributed by atoms with E-state index in [1.807, 2.05) is 6.92 Å². The molecule has 2 atom stereocenters. The highest BCUT2D eigenvalue weighted by atomic mass is 19.1. The summed E-state index contributed by atoms with van der Waals surface area (Å²) in [5.74, 6) is -2.31. The Morgan fingerprint density at radius 2 is 2.14 bits per heavy atom. The molecule has 1 aromatic carbocycles. The van der Waals surface area contributed by atoms with Crippen LogP contribution in [0.4, 0.5) is 10.1 Å². The highest BCUT2D eigenvalue weighted by molar-refractivity contribution is 6.39. The molecule has 0 aliphatic heterocycles. The maximum atomic E-state index is 13.6. The molecule has 2 unspecified atom stereocenters. The van der Waals surface area contributed by atoms with Gasteiger partial charge in [-0.05, 0) is 37.5 Å². The molecule has 0 spiro atoms. The Morgan fingerprint density at radius 3 is 2.82 bits per heavy atom. The first-order valence-electron chi connectivity index (χ1n) is 7.34. The van der Waals surface area contributed by atoms with Crippen LogP contribution >= 0.6 is 0 Å². The molecule has 1 aliphatic rings. The fourth-order valence-corrected chi connectivity index (χ4v) is 2.81. The van der Waals surface area contributed by atoms with E-state index in [4.69, 9.17) is 0 Å². The first-order valence-corrected chi connectivity index (χ1v) is 7.34. The van der Waals surface area contributed by atoms with Gasteiger partial charge in [0.05, 0.1) is 12.3 Å². The lowest BCUT2D eigenvalue weighted by atomic mass is 9.86. The summed E-state index contributed by atoms with van der Waals surface area (Å²) in [4.78, 5) is 23.9. The highest BCUT2D eigenvalue weighted by Crippen LogP contribution is 2.37. The topological polar surface area (TPSA) is 78.4 Å². The fourth-order valence-electron chi connectivity index (χ4n) is 2.81. The monoisotopic (exact) mass is 308 g/mol. The number of rotatable bonds is 3. The van der Waals surface area contributed by atoms with Gasteiger partial charge in [0, 0.05) is 11.5 Å². The number of hydrogen-bond acceptors (Lipinski definition) is 3. The maximum Gasteiger partial charge on any atom is 0.313 e. The average Bonchev–Trinajstić information content (AvgIpc) is 2.84. The third-order valence-electron chi connectivity index (χ3n) is 4.32. The highest BCUT2D eigenvalue weighted by Gasteiger charge is 2.39. The van der Waals surface area contributed by atoms with Gasteiger partial charge in [0.15, 0.2) is 0 Å². The lowest BCUT2D eigenvalue weighted by Crippen LogP contribution is -2.48. The molecule has 22 heavy (non-hydrogen) atoms. The summed E-state index contributed by atoms with van der Waals surface area (Å²) in [5, 5.41) is 14.4. The van der Waals surface area contributed by atoms with E-state index in [0.29, 0.717) is 0 Å². The molecule has 0 bridgehead atoms. The van der Waals surface area contributed by atoms with E-state index in [-0.39, 0.29) is 18.3 Å². The molecule has 2 amide bonds. The van der Waals surface area contributed by atoms with Crippen molar-refractivity contribution in [3.05, 3.63) is 29.6 Å². The zero-order valence-electron chi connectivity index (χ0n) is 12.8. The minimum atomic E-state index is -0.906. The second-order valence-corrected chi connectivity index (χ2v) is 6.17. The summed E-state index contributed by atoms with van der Waals surface area (Å²) in [6.45, 7) is 3.59. The molecule has 6 heteroatoms. The predicted octanol–water partition coefficient (Wildman–Crippen LogP) is 1.74. The Balaban J connectivity index is 2.01. The summed E-state index contributed by atoms with van der Waals surface area (Å²) < 4.78 is 13.6. The van der Waals surface area contributed by atoms with Crippen LogP contribution in [0, 0.1) is 18.2 Å². The van der Waals surface area contributed by atoms with Gasteiger partial charge in [-0.25, -0.2) is 4.39 Å². The lowest BCUT2D eigenvalue weighted by molar-refractivity contribution is -0.137. The van der Waals surface area contributed by atoms with Crippen LogP contribution in [0.3, 0.4) is 0 Å². The van der Waals surface area contributed by atoms with Gasteiger partial charge < -0.3 is 15.7 Å². The number of halogens is 1. The van der Waals surface area contributed by atoms with Crippen LogP contribution in [-0.2, 0) is 9.59 Å². The van der Waals surface area contributed by atoms with Crippen LogP contribution in [0.1, 0.15) is 31.7 Å². The van der Waals surface area contributed by atoms with Gasteiger partial charge >= 0.3 is 11.8 Å². The van der Waals surface area contributed by atoms with Crippen molar-refractivity contribution in [3.63, 3.8) is 0 Å². The zero-order chi connectivity index (χ0) is 16.3. The van der Waals surface area contributed by atoms with Gasteiger partial charge in [-0.1, -0.05) is 19.4 Å². The number of carbonyl (C=O) groups is 2. The van der Waals surface area contributed by atoms with E-state index < -0.39 is 23.0 Å². The van der Waals surface area contributed by atoms with E-state index >= 15 is 0 Å². The largest absolute Gasteiger partial charge is 0.396 e. The summed E-state index contributed by atoms with van der Waals surface area (Å²) >= 11 is 0. The standard InChI is InChI=1S/C16H21FN2O3/c1-10-5-6-11(17)12(8-10)18-14(21)15(22)19-13-4-3-7-16(13,2)9-20/h5-6,8,13,20H,3-4,7,9H2,1-2H3,(H,18,21)(H,19,22). The second kappa shape index (κ2) is 6.44. The van der Waals surface area contributed by atoms with Gasteiger partial charge in [-0.3, -0.25) is 9.59 Å². The Morgan fingerprint density at radius 1 is 1.41 bits per heavy atom. The van der Waals surface area contributed by atoms with Crippen molar-refractivity contribution in [1.82, 2.24) is 5.32 Å². The van der Waals surface area contributed by atoms with Gasteiger partial charge in [0.1, 0.15) is 5.82 Å². The molecule has 5 nitrogen and oxygen atoms in total. The molecule has 3 N–H and O–H groups in total. The van der Waals surface area contributed by atoms with E-state index in [2.05, 4.69) is 10.6 Å². The van der Waals surface area contributed by atoms with Crippen LogP contribution in [0.2, 0.25) is 0 Å². The second-order valence-electron chi connectivity index (χ2n) is 6.17. The summed E-state index contributed by atoms with van der Waals surface area (Å²) in [5.41, 5.74) is 0.349. The van der Waals surface area contributed by atoms with Crippen molar-refractivity contribution in [2.24, 2.45) is 5.41 Å².